The van der Waals surface area contributed by atoms with Crippen LogP contribution in [0, 0.1) is 12.8 Å². The Morgan fingerprint density at radius 2 is 2.21 bits per heavy atom. The SMILES string of the molecule is Cc1nc(N)ccc1CNC(=O)[C@H](C)N1CC(Cc2cc(Cl)cs2)CC1C(N)=O. The number of halogens is 1. The first-order chi connectivity index (χ1) is 13.7. The zero-order valence-electron chi connectivity index (χ0n) is 16.5. The molecule has 1 aliphatic rings. The topological polar surface area (TPSA) is 114 Å². The van der Waals surface area contributed by atoms with Gasteiger partial charge in [0.1, 0.15) is 5.82 Å². The number of carbonyl (C=O) groups excluding carboxylic acids is 2. The summed E-state index contributed by atoms with van der Waals surface area (Å²) in [5.74, 6) is 0.161. The number of likely N-dealkylation sites (tertiary alicyclic amines) is 1. The van der Waals surface area contributed by atoms with Crippen LogP contribution in [0.15, 0.2) is 23.6 Å². The summed E-state index contributed by atoms with van der Waals surface area (Å²) in [5.41, 5.74) is 13.0. The Bertz CT molecular complexity index is 903. The van der Waals surface area contributed by atoms with E-state index in [1.807, 2.05) is 36.3 Å². The van der Waals surface area contributed by atoms with E-state index in [9.17, 15) is 9.59 Å². The second-order valence-electron chi connectivity index (χ2n) is 7.53. The number of nitrogens with zero attached hydrogens (tertiary/aromatic N) is 2. The van der Waals surface area contributed by atoms with Crippen LogP contribution in [0.5, 0.6) is 0 Å². The van der Waals surface area contributed by atoms with Crippen molar-refractivity contribution in [1.82, 2.24) is 15.2 Å². The summed E-state index contributed by atoms with van der Waals surface area (Å²) in [6, 6.07) is 4.60. The van der Waals surface area contributed by atoms with Gasteiger partial charge in [0.25, 0.3) is 0 Å². The summed E-state index contributed by atoms with van der Waals surface area (Å²) in [4.78, 5) is 32.0. The largest absolute Gasteiger partial charge is 0.384 e. The van der Waals surface area contributed by atoms with Crippen LogP contribution in [-0.4, -0.2) is 40.3 Å². The number of anilines is 1. The lowest BCUT2D eigenvalue weighted by atomic mass is 10.0. The van der Waals surface area contributed by atoms with Gasteiger partial charge >= 0.3 is 0 Å². The number of hydrogen-bond acceptors (Lipinski definition) is 6. The van der Waals surface area contributed by atoms with E-state index in [2.05, 4.69) is 10.3 Å². The van der Waals surface area contributed by atoms with Crippen LogP contribution in [-0.2, 0) is 22.6 Å². The molecule has 2 aromatic heterocycles. The molecule has 0 radical (unpaired) electrons. The maximum absolute atomic E-state index is 12.8. The van der Waals surface area contributed by atoms with Crippen molar-refractivity contribution < 1.29 is 9.59 Å². The Labute approximate surface area is 179 Å². The second kappa shape index (κ2) is 9.11. The van der Waals surface area contributed by atoms with Gasteiger partial charge in [0.2, 0.25) is 11.8 Å². The average Bonchev–Trinajstić information content (AvgIpc) is 3.26. The molecule has 0 bridgehead atoms. The van der Waals surface area contributed by atoms with E-state index in [0.717, 1.165) is 22.7 Å². The molecule has 0 spiro atoms. The van der Waals surface area contributed by atoms with Crippen molar-refractivity contribution in [3.63, 3.8) is 0 Å². The normalized spacial score (nSPS) is 20.5. The van der Waals surface area contributed by atoms with Gasteiger partial charge in [0.05, 0.1) is 17.1 Å². The molecule has 3 heterocycles. The Morgan fingerprint density at radius 1 is 1.45 bits per heavy atom. The fraction of sp³-hybridized carbons (Fsp3) is 0.450. The Hall–Kier alpha value is -2.16. The van der Waals surface area contributed by atoms with E-state index >= 15 is 0 Å². The number of thiophene rings is 1. The Morgan fingerprint density at radius 3 is 2.83 bits per heavy atom. The minimum absolute atomic E-state index is 0.146. The van der Waals surface area contributed by atoms with E-state index in [4.69, 9.17) is 23.1 Å². The van der Waals surface area contributed by atoms with E-state index in [0.29, 0.717) is 25.3 Å². The zero-order valence-corrected chi connectivity index (χ0v) is 18.1. The number of rotatable bonds is 7. The molecular formula is C20H26ClN5O2S. The molecule has 2 unspecified atom stereocenters. The summed E-state index contributed by atoms with van der Waals surface area (Å²) in [5, 5.41) is 5.56. The summed E-state index contributed by atoms with van der Waals surface area (Å²) >= 11 is 7.62. The van der Waals surface area contributed by atoms with Gasteiger partial charge in [-0.25, -0.2) is 4.98 Å². The quantitative estimate of drug-likeness (QED) is 0.616. The number of nitrogens with one attached hydrogen (secondary N) is 1. The third-order valence-corrected chi connectivity index (χ3v) is 6.72. The molecule has 29 heavy (non-hydrogen) atoms. The minimum atomic E-state index is -0.466. The van der Waals surface area contributed by atoms with Crippen molar-refractivity contribution in [2.24, 2.45) is 11.7 Å². The molecule has 3 rings (SSSR count). The molecule has 2 aromatic rings. The number of amides is 2. The molecule has 0 aliphatic carbocycles. The summed E-state index contributed by atoms with van der Waals surface area (Å²) < 4.78 is 0. The molecule has 9 heteroatoms. The highest BCUT2D eigenvalue weighted by atomic mass is 35.5. The van der Waals surface area contributed by atoms with Gasteiger partial charge in [0.15, 0.2) is 0 Å². The van der Waals surface area contributed by atoms with Crippen LogP contribution in [0.25, 0.3) is 0 Å². The summed E-state index contributed by atoms with van der Waals surface area (Å²) in [7, 11) is 0. The van der Waals surface area contributed by atoms with Crippen LogP contribution < -0.4 is 16.8 Å². The zero-order chi connectivity index (χ0) is 21.1. The van der Waals surface area contributed by atoms with E-state index in [-0.39, 0.29) is 11.8 Å². The summed E-state index contributed by atoms with van der Waals surface area (Å²) in [6.07, 6.45) is 1.46. The number of carbonyl (C=O) groups is 2. The van der Waals surface area contributed by atoms with Crippen LogP contribution in [0.4, 0.5) is 5.82 Å². The first kappa shape index (κ1) is 21.5. The molecule has 0 saturated carbocycles. The van der Waals surface area contributed by atoms with Crippen molar-refractivity contribution in [2.45, 2.75) is 45.3 Å². The van der Waals surface area contributed by atoms with E-state index in [1.54, 1.807) is 17.4 Å². The molecule has 1 aliphatic heterocycles. The van der Waals surface area contributed by atoms with Crippen molar-refractivity contribution >= 4 is 40.6 Å². The molecule has 0 aromatic carbocycles. The molecule has 1 fully saturated rings. The molecule has 2 amide bonds. The molecule has 3 atom stereocenters. The molecule has 1 saturated heterocycles. The number of aryl methyl sites for hydroxylation is 1. The lowest BCUT2D eigenvalue weighted by molar-refractivity contribution is -0.129. The van der Waals surface area contributed by atoms with Crippen LogP contribution in [0.2, 0.25) is 5.02 Å². The van der Waals surface area contributed by atoms with Crippen LogP contribution in [0.1, 0.15) is 29.5 Å². The average molecular weight is 436 g/mol. The van der Waals surface area contributed by atoms with Crippen molar-refractivity contribution in [1.29, 1.82) is 0 Å². The highest BCUT2D eigenvalue weighted by Gasteiger charge is 2.40. The predicted octanol–water partition coefficient (Wildman–Crippen LogP) is 2.11. The summed E-state index contributed by atoms with van der Waals surface area (Å²) in [6.45, 7) is 4.66. The molecule has 5 N–H and O–H groups in total. The highest BCUT2D eigenvalue weighted by molar-refractivity contribution is 7.10. The smallest absolute Gasteiger partial charge is 0.237 e. The van der Waals surface area contributed by atoms with Gasteiger partial charge in [-0.2, -0.15) is 0 Å². The van der Waals surface area contributed by atoms with Gasteiger partial charge in [0, 0.05) is 29.0 Å². The van der Waals surface area contributed by atoms with Gasteiger partial charge < -0.3 is 16.8 Å². The third-order valence-electron chi connectivity index (χ3n) is 5.41. The molecule has 156 valence electrons. The Balaban J connectivity index is 1.62. The van der Waals surface area contributed by atoms with Crippen LogP contribution >= 0.6 is 22.9 Å². The van der Waals surface area contributed by atoms with Crippen molar-refractivity contribution in [3.05, 3.63) is 44.7 Å². The van der Waals surface area contributed by atoms with Crippen molar-refractivity contribution in [2.75, 3.05) is 12.3 Å². The predicted molar refractivity (Wildman–Crippen MR) is 116 cm³/mol. The standard InChI is InChI=1S/C20H26ClN5O2S/c1-11-14(3-4-18(22)25-11)8-24-20(28)12(2)26-9-13(6-17(26)19(23)27)5-16-7-15(21)10-29-16/h3-4,7,10,12-13,17H,5-6,8-9H2,1-2H3,(H2,22,25)(H2,23,27)(H,24,28)/t12-,13?,17?/m0/s1. The second-order valence-corrected chi connectivity index (χ2v) is 8.96. The van der Waals surface area contributed by atoms with Crippen LogP contribution in [0.3, 0.4) is 0 Å². The lowest BCUT2D eigenvalue weighted by Crippen LogP contribution is -2.51. The van der Waals surface area contributed by atoms with E-state index in [1.165, 1.54) is 4.88 Å². The van der Waals surface area contributed by atoms with E-state index < -0.39 is 18.0 Å². The fourth-order valence-corrected chi connectivity index (χ4v) is 5.02. The van der Waals surface area contributed by atoms with Crippen molar-refractivity contribution in [3.8, 4) is 0 Å². The fourth-order valence-electron chi connectivity index (χ4n) is 3.83. The number of nitrogen functional groups attached to an aromatic ring is 1. The highest BCUT2D eigenvalue weighted by Crippen LogP contribution is 2.31. The Kier molecular flexibility index (Phi) is 6.77. The third kappa shape index (κ3) is 5.26. The maximum atomic E-state index is 12.8. The number of primary amides is 1. The number of hydrogen-bond donors (Lipinski definition) is 3. The molecule has 7 nitrogen and oxygen atoms in total. The number of pyridine rings is 1. The monoisotopic (exact) mass is 435 g/mol. The van der Waals surface area contributed by atoms with Gasteiger partial charge in [-0.05, 0) is 50.3 Å². The number of nitrogens with two attached hydrogens (primary N) is 2. The molecular weight excluding hydrogens is 410 g/mol. The number of aromatic nitrogens is 1. The lowest BCUT2D eigenvalue weighted by Gasteiger charge is -2.28. The minimum Gasteiger partial charge on any atom is -0.384 e. The van der Waals surface area contributed by atoms with Gasteiger partial charge in [-0.3, -0.25) is 14.5 Å². The first-order valence-electron chi connectivity index (χ1n) is 9.52. The maximum Gasteiger partial charge on any atom is 0.237 e. The van der Waals surface area contributed by atoms with Gasteiger partial charge in [-0.1, -0.05) is 17.7 Å². The first-order valence-corrected chi connectivity index (χ1v) is 10.8. The van der Waals surface area contributed by atoms with Gasteiger partial charge in [-0.15, -0.1) is 11.3 Å².